The maximum Gasteiger partial charge on any atom is 1.00 e. The van der Waals surface area contributed by atoms with Gasteiger partial charge in [0.1, 0.15) is 0 Å². The van der Waals surface area contributed by atoms with E-state index in [9.17, 15) is 35.5 Å². The van der Waals surface area contributed by atoms with Gasteiger partial charge in [-0.05, 0) is 37.8 Å². The molecule has 2 aliphatic rings. The van der Waals surface area contributed by atoms with Crippen LogP contribution < -0.4 is 68.9 Å². The molecule has 38 heavy (non-hydrogen) atoms. The maximum atomic E-state index is 13.6. The van der Waals surface area contributed by atoms with Gasteiger partial charge in [-0.2, -0.15) is 0 Å². The number of benzene rings is 2. The molecule has 0 fully saturated rings. The summed E-state index contributed by atoms with van der Waals surface area (Å²) in [5.41, 5.74) is 2.83. The average Bonchev–Trinajstić information content (AvgIpc) is 3.23. The van der Waals surface area contributed by atoms with Crippen LogP contribution in [0.4, 0.5) is 11.4 Å². The van der Waals surface area contributed by atoms with Gasteiger partial charge < -0.3 is 18.9 Å². The van der Waals surface area contributed by atoms with E-state index >= 15 is 0 Å². The summed E-state index contributed by atoms with van der Waals surface area (Å²) in [6, 6.07) is 14.0. The van der Waals surface area contributed by atoms with Gasteiger partial charge in [0.15, 0.2) is 0 Å². The van der Waals surface area contributed by atoms with E-state index in [1.165, 1.54) is 9.80 Å². The van der Waals surface area contributed by atoms with E-state index in [2.05, 4.69) is 0 Å². The first-order valence-electron chi connectivity index (χ1n) is 11.4. The van der Waals surface area contributed by atoms with E-state index in [0.29, 0.717) is 35.3 Å². The third-order valence-electron chi connectivity index (χ3n) is 6.15. The zero-order valence-corrected chi connectivity index (χ0v) is 26.9. The van der Waals surface area contributed by atoms with Crippen molar-refractivity contribution in [3.63, 3.8) is 0 Å². The second kappa shape index (κ2) is 13.5. The monoisotopic (exact) mass is 578 g/mol. The van der Waals surface area contributed by atoms with Crippen LogP contribution in [0.15, 0.2) is 48.5 Å². The molecule has 0 saturated carbocycles. The molecule has 192 valence electrons. The molecule has 0 saturated heterocycles. The topological polar surface area (TPSA) is 155 Å². The minimum Gasteiger partial charge on any atom is -0.748 e. The molecule has 0 unspecified atom stereocenters. The van der Waals surface area contributed by atoms with Gasteiger partial charge in [-0.25, -0.2) is 16.8 Å². The van der Waals surface area contributed by atoms with E-state index in [0.717, 1.165) is 0 Å². The molecule has 2 aromatic carbocycles. The van der Waals surface area contributed by atoms with Crippen LogP contribution in [0.3, 0.4) is 0 Å². The van der Waals surface area contributed by atoms with Crippen molar-refractivity contribution in [2.75, 3.05) is 34.4 Å². The number of para-hydroxylation sites is 2. The molecule has 0 aliphatic carbocycles. The Kier molecular flexibility index (Phi) is 11.8. The largest absolute Gasteiger partial charge is 1.00 e. The predicted molar refractivity (Wildman–Crippen MR) is 132 cm³/mol. The van der Waals surface area contributed by atoms with E-state index in [4.69, 9.17) is 0 Å². The van der Waals surface area contributed by atoms with Gasteiger partial charge >= 0.3 is 59.1 Å². The molecular weight excluding hydrogens is 554 g/mol. The van der Waals surface area contributed by atoms with Crippen LogP contribution in [-0.4, -0.2) is 62.4 Å². The molecule has 14 heteroatoms. The van der Waals surface area contributed by atoms with E-state index < -0.39 is 43.6 Å². The van der Waals surface area contributed by atoms with Crippen molar-refractivity contribution in [2.45, 2.75) is 25.7 Å². The van der Waals surface area contributed by atoms with Crippen molar-refractivity contribution in [2.24, 2.45) is 0 Å². The molecule has 0 N–H and O–H groups in total. The Hall–Kier alpha value is -1.06. The molecule has 2 aromatic rings. The number of hydrogen-bond donors (Lipinski definition) is 0. The Morgan fingerprint density at radius 3 is 1.26 bits per heavy atom. The van der Waals surface area contributed by atoms with Gasteiger partial charge in [0.05, 0.1) is 42.8 Å². The number of carbonyl (C=O) groups is 2. The zero-order valence-electron chi connectivity index (χ0n) is 21.3. The summed E-state index contributed by atoms with van der Waals surface area (Å²) in [4.78, 5) is 30.2. The minimum absolute atomic E-state index is 0. The molecule has 2 aliphatic heterocycles. The van der Waals surface area contributed by atoms with Gasteiger partial charge in [0.25, 0.3) is 11.8 Å². The molecular formula is C24H24N2Na2O8S2. The van der Waals surface area contributed by atoms with E-state index in [1.807, 2.05) is 0 Å². The van der Waals surface area contributed by atoms with Crippen LogP contribution in [0.25, 0.3) is 11.1 Å². The van der Waals surface area contributed by atoms with Crippen molar-refractivity contribution < 1.29 is 94.6 Å². The fourth-order valence-electron chi connectivity index (χ4n) is 4.58. The summed E-state index contributed by atoms with van der Waals surface area (Å²) in [6.07, 6.45) is 0.809. The SMILES string of the molecule is O=C1/C(=C2/C(=O)N(CCCCS(=O)(=O)[O-])c3ccccc32)c2ccccc2N1CCCCS(=O)(=O)[O-].[Na+].[Na+]. The number of fused-ring (bicyclic) bond motifs is 2. The first-order chi connectivity index (χ1) is 17.0. The number of amides is 2. The standard InChI is InChI=1S/C24H26N2O8S2.2Na/c27-23-21(17-9-1-3-11-19(17)25(23)13-5-7-15-35(29,30)31)22-18-10-2-4-12-20(18)26(24(22)28)14-6-8-16-36(32,33)34;;/h1-4,9-12H,5-8,13-16H2,(H,29,30,31)(H,32,33,34);;/q;2*+1/p-2/b22-21+;;. The Labute approximate surface area is 266 Å². The fraction of sp³-hybridized carbons (Fsp3) is 0.333. The van der Waals surface area contributed by atoms with Crippen LogP contribution in [0, 0.1) is 0 Å². The Morgan fingerprint density at radius 2 is 0.921 bits per heavy atom. The number of hydrogen-bond acceptors (Lipinski definition) is 8. The van der Waals surface area contributed by atoms with Crippen LogP contribution in [0.1, 0.15) is 36.8 Å². The molecule has 0 radical (unpaired) electrons. The Bertz CT molecular complexity index is 1350. The number of nitrogens with zero attached hydrogens (tertiary/aromatic N) is 2. The van der Waals surface area contributed by atoms with Gasteiger partial charge in [-0.15, -0.1) is 0 Å². The first kappa shape index (κ1) is 33.1. The predicted octanol–water partition coefficient (Wildman–Crippen LogP) is -4.05. The van der Waals surface area contributed by atoms with Gasteiger partial charge in [0, 0.05) is 35.7 Å². The van der Waals surface area contributed by atoms with E-state index in [-0.39, 0.29) is 96.2 Å². The Morgan fingerprint density at radius 1 is 0.579 bits per heavy atom. The number of carbonyl (C=O) groups excluding carboxylic acids is 2. The molecule has 0 bridgehead atoms. The Balaban J connectivity index is 0.00000253. The molecule has 0 aromatic heterocycles. The van der Waals surface area contributed by atoms with Crippen LogP contribution in [0.2, 0.25) is 0 Å². The van der Waals surface area contributed by atoms with Crippen molar-refractivity contribution in [3.8, 4) is 0 Å². The summed E-state index contributed by atoms with van der Waals surface area (Å²) < 4.78 is 65.5. The molecule has 0 spiro atoms. The number of rotatable bonds is 10. The summed E-state index contributed by atoms with van der Waals surface area (Å²) in [5.74, 6) is -1.81. The molecule has 10 nitrogen and oxygen atoms in total. The van der Waals surface area contributed by atoms with Crippen molar-refractivity contribution in [1.82, 2.24) is 0 Å². The maximum absolute atomic E-state index is 13.6. The number of anilines is 2. The van der Waals surface area contributed by atoms with Crippen LogP contribution in [-0.2, 0) is 29.8 Å². The summed E-state index contributed by atoms with van der Waals surface area (Å²) in [6.45, 7) is 0.372. The average molecular weight is 579 g/mol. The third kappa shape index (κ3) is 7.57. The third-order valence-corrected chi connectivity index (χ3v) is 7.73. The molecule has 2 amide bonds. The second-order valence-electron chi connectivity index (χ2n) is 8.64. The smallest absolute Gasteiger partial charge is 0.748 e. The normalized spacial score (nSPS) is 16.7. The van der Waals surface area contributed by atoms with Crippen molar-refractivity contribution >= 4 is 54.6 Å². The fourth-order valence-corrected chi connectivity index (χ4v) is 5.70. The summed E-state index contributed by atoms with van der Waals surface area (Å²) >= 11 is 0. The molecule has 0 atom stereocenters. The second-order valence-corrected chi connectivity index (χ2v) is 11.7. The van der Waals surface area contributed by atoms with Gasteiger partial charge in [0.2, 0.25) is 0 Å². The van der Waals surface area contributed by atoms with Crippen molar-refractivity contribution in [3.05, 3.63) is 59.7 Å². The van der Waals surface area contributed by atoms with Gasteiger partial charge in [-0.1, -0.05) is 36.4 Å². The van der Waals surface area contributed by atoms with Crippen molar-refractivity contribution in [1.29, 1.82) is 0 Å². The van der Waals surface area contributed by atoms with Gasteiger partial charge in [-0.3, -0.25) is 9.59 Å². The zero-order chi connectivity index (χ0) is 26.1. The molecule has 4 rings (SSSR count). The minimum atomic E-state index is -4.35. The first-order valence-corrected chi connectivity index (χ1v) is 14.6. The quantitative estimate of drug-likeness (QED) is 0.119. The van der Waals surface area contributed by atoms with Crippen LogP contribution >= 0.6 is 0 Å². The van der Waals surface area contributed by atoms with E-state index in [1.54, 1.807) is 48.5 Å². The summed E-state index contributed by atoms with van der Waals surface area (Å²) in [5, 5.41) is 0. The summed E-state index contributed by atoms with van der Waals surface area (Å²) in [7, 11) is -8.69. The van der Waals surface area contributed by atoms with Crippen LogP contribution in [0.5, 0.6) is 0 Å². The number of unbranched alkanes of at least 4 members (excludes halogenated alkanes) is 2. The molecule has 2 heterocycles.